The first-order chi connectivity index (χ1) is 8.75. The Labute approximate surface area is 113 Å². The Bertz CT molecular complexity index is 456. The van der Waals surface area contributed by atoms with Crippen LogP contribution in [0.5, 0.6) is 0 Å². The minimum Gasteiger partial charge on any atom is -0.293 e. The van der Waals surface area contributed by atoms with Crippen LogP contribution in [0, 0.1) is 5.82 Å². The Morgan fingerprint density at radius 3 is 2.47 bits per heavy atom. The highest BCUT2D eigenvalue weighted by Crippen LogP contribution is 2.31. The van der Waals surface area contributed by atoms with E-state index in [0.29, 0.717) is 12.1 Å². The number of thioether (sulfide) groups is 1. The SMILES string of the molecule is CCC(C)SCC(=O)c1ccc(C(F)(F)F)c(F)c1. The second-order valence-corrected chi connectivity index (χ2v) is 5.57. The molecule has 19 heavy (non-hydrogen) atoms. The van der Waals surface area contributed by atoms with Gasteiger partial charge in [-0.15, -0.1) is 0 Å². The number of ketones is 1. The molecule has 1 atom stereocenters. The van der Waals surface area contributed by atoms with E-state index in [2.05, 4.69) is 0 Å². The van der Waals surface area contributed by atoms with E-state index in [0.717, 1.165) is 12.5 Å². The molecule has 1 unspecified atom stereocenters. The molecule has 1 rings (SSSR count). The van der Waals surface area contributed by atoms with Crippen LogP contribution in [-0.2, 0) is 6.18 Å². The van der Waals surface area contributed by atoms with Crippen molar-refractivity contribution in [1.82, 2.24) is 0 Å². The Morgan fingerprint density at radius 2 is 2.00 bits per heavy atom. The Morgan fingerprint density at radius 1 is 1.37 bits per heavy atom. The third kappa shape index (κ3) is 4.53. The van der Waals surface area contributed by atoms with Gasteiger partial charge in [0.1, 0.15) is 5.82 Å². The zero-order chi connectivity index (χ0) is 14.6. The highest BCUT2D eigenvalue weighted by molar-refractivity contribution is 8.00. The first-order valence-electron chi connectivity index (χ1n) is 5.77. The minimum absolute atomic E-state index is 0.0266. The zero-order valence-electron chi connectivity index (χ0n) is 10.6. The van der Waals surface area contributed by atoms with Gasteiger partial charge in [0.25, 0.3) is 0 Å². The van der Waals surface area contributed by atoms with Gasteiger partial charge in [-0.2, -0.15) is 24.9 Å². The van der Waals surface area contributed by atoms with Crippen molar-refractivity contribution < 1.29 is 22.4 Å². The zero-order valence-corrected chi connectivity index (χ0v) is 11.4. The van der Waals surface area contributed by atoms with Gasteiger partial charge in [0.05, 0.1) is 11.3 Å². The summed E-state index contributed by atoms with van der Waals surface area (Å²) in [7, 11) is 0. The molecule has 0 fully saturated rings. The summed E-state index contributed by atoms with van der Waals surface area (Å²) in [5.41, 5.74) is -1.38. The Balaban J connectivity index is 2.81. The third-order valence-corrected chi connectivity index (χ3v) is 4.00. The number of carbonyl (C=O) groups excluding carboxylic acids is 1. The summed E-state index contributed by atoms with van der Waals surface area (Å²) >= 11 is 1.40. The molecular formula is C13H14F4OS. The number of rotatable bonds is 5. The largest absolute Gasteiger partial charge is 0.419 e. The standard InChI is InChI=1S/C13H14F4OS/c1-3-8(2)19-7-12(18)9-4-5-10(11(14)6-9)13(15,16)17/h4-6,8H,3,7H2,1-2H3. The molecule has 1 aromatic rings. The van der Waals surface area contributed by atoms with Crippen molar-refractivity contribution in [3.05, 3.63) is 35.1 Å². The number of benzene rings is 1. The molecule has 0 N–H and O–H groups in total. The van der Waals surface area contributed by atoms with Crippen LogP contribution in [0.2, 0.25) is 0 Å². The molecule has 0 aromatic heterocycles. The maximum atomic E-state index is 13.3. The van der Waals surface area contributed by atoms with Crippen molar-refractivity contribution in [1.29, 1.82) is 0 Å². The van der Waals surface area contributed by atoms with Crippen molar-refractivity contribution in [3.63, 3.8) is 0 Å². The van der Waals surface area contributed by atoms with Crippen LogP contribution in [0.4, 0.5) is 17.6 Å². The lowest BCUT2D eigenvalue weighted by molar-refractivity contribution is -0.140. The fourth-order valence-corrected chi connectivity index (χ4v) is 2.18. The van der Waals surface area contributed by atoms with E-state index < -0.39 is 17.6 Å². The molecule has 0 amide bonds. The van der Waals surface area contributed by atoms with Gasteiger partial charge < -0.3 is 0 Å². The third-order valence-electron chi connectivity index (χ3n) is 2.67. The first kappa shape index (κ1) is 16.0. The highest BCUT2D eigenvalue weighted by Gasteiger charge is 2.34. The topological polar surface area (TPSA) is 17.1 Å². The number of Topliss-reactive ketones (excluding diaryl/α,β-unsaturated/α-hetero) is 1. The maximum absolute atomic E-state index is 13.3. The van der Waals surface area contributed by atoms with E-state index in [-0.39, 0.29) is 22.3 Å². The summed E-state index contributed by atoms with van der Waals surface area (Å²) in [6.45, 7) is 3.92. The normalized spacial score (nSPS) is 13.4. The number of hydrogen-bond acceptors (Lipinski definition) is 2. The molecule has 0 saturated heterocycles. The van der Waals surface area contributed by atoms with Crippen LogP contribution < -0.4 is 0 Å². The Hall–Kier alpha value is -1.04. The summed E-state index contributed by atoms with van der Waals surface area (Å²) in [4.78, 5) is 11.7. The molecule has 1 aromatic carbocycles. The molecule has 1 nitrogen and oxygen atoms in total. The highest BCUT2D eigenvalue weighted by atomic mass is 32.2. The predicted octanol–water partition coefficient (Wildman–Crippen LogP) is 4.56. The van der Waals surface area contributed by atoms with E-state index in [9.17, 15) is 22.4 Å². The van der Waals surface area contributed by atoms with Crippen LogP contribution in [0.1, 0.15) is 36.2 Å². The van der Waals surface area contributed by atoms with Gasteiger partial charge in [-0.1, -0.05) is 19.9 Å². The van der Waals surface area contributed by atoms with E-state index in [1.807, 2.05) is 13.8 Å². The van der Waals surface area contributed by atoms with Crippen LogP contribution in [0.3, 0.4) is 0 Å². The average Bonchev–Trinajstić information content (AvgIpc) is 2.33. The van der Waals surface area contributed by atoms with Crippen molar-refractivity contribution in [3.8, 4) is 0 Å². The molecule has 0 aliphatic rings. The van der Waals surface area contributed by atoms with Crippen LogP contribution in [-0.4, -0.2) is 16.8 Å². The van der Waals surface area contributed by atoms with Gasteiger partial charge in [0, 0.05) is 10.8 Å². The van der Waals surface area contributed by atoms with Crippen molar-refractivity contribution >= 4 is 17.5 Å². The van der Waals surface area contributed by atoms with Crippen molar-refractivity contribution in [2.75, 3.05) is 5.75 Å². The number of halogens is 4. The summed E-state index contributed by atoms with van der Waals surface area (Å²) in [6, 6.07) is 2.28. The van der Waals surface area contributed by atoms with Gasteiger partial charge >= 0.3 is 6.18 Å². The molecule has 0 spiro atoms. The molecular weight excluding hydrogens is 280 g/mol. The lowest BCUT2D eigenvalue weighted by Gasteiger charge is -2.10. The summed E-state index contributed by atoms with van der Waals surface area (Å²) < 4.78 is 50.3. The van der Waals surface area contributed by atoms with Gasteiger partial charge in [-0.05, 0) is 18.6 Å². The van der Waals surface area contributed by atoms with Crippen LogP contribution in [0.25, 0.3) is 0 Å². The summed E-state index contributed by atoms with van der Waals surface area (Å²) in [6.07, 6.45) is -3.85. The molecule has 6 heteroatoms. The smallest absolute Gasteiger partial charge is 0.293 e. The van der Waals surface area contributed by atoms with Crippen LogP contribution >= 0.6 is 11.8 Å². The average molecular weight is 294 g/mol. The summed E-state index contributed by atoms with van der Waals surface area (Å²) in [5.74, 6) is -1.63. The molecule has 0 aliphatic carbocycles. The van der Waals surface area contributed by atoms with E-state index >= 15 is 0 Å². The number of alkyl halides is 3. The minimum atomic E-state index is -4.74. The van der Waals surface area contributed by atoms with Gasteiger partial charge in [0.2, 0.25) is 0 Å². The molecule has 0 aliphatic heterocycles. The van der Waals surface area contributed by atoms with E-state index in [4.69, 9.17) is 0 Å². The van der Waals surface area contributed by atoms with Crippen LogP contribution in [0.15, 0.2) is 18.2 Å². The lowest BCUT2D eigenvalue weighted by Crippen LogP contribution is -2.11. The van der Waals surface area contributed by atoms with Gasteiger partial charge in [-0.3, -0.25) is 4.79 Å². The molecule has 0 bridgehead atoms. The summed E-state index contributed by atoms with van der Waals surface area (Å²) in [5, 5.41) is 0.281. The van der Waals surface area contributed by atoms with E-state index in [1.54, 1.807) is 0 Å². The maximum Gasteiger partial charge on any atom is 0.419 e. The first-order valence-corrected chi connectivity index (χ1v) is 6.82. The molecule has 0 radical (unpaired) electrons. The van der Waals surface area contributed by atoms with Crippen molar-refractivity contribution in [2.45, 2.75) is 31.7 Å². The predicted molar refractivity (Wildman–Crippen MR) is 67.9 cm³/mol. The lowest BCUT2D eigenvalue weighted by atomic mass is 10.1. The Kier molecular flexibility index (Phi) is 5.40. The molecule has 0 heterocycles. The van der Waals surface area contributed by atoms with Gasteiger partial charge in [0.15, 0.2) is 5.78 Å². The fraction of sp³-hybridized carbons (Fsp3) is 0.462. The molecule has 0 saturated carbocycles. The molecule has 106 valence electrons. The number of hydrogen-bond donors (Lipinski definition) is 0. The van der Waals surface area contributed by atoms with E-state index in [1.165, 1.54) is 11.8 Å². The second-order valence-electron chi connectivity index (χ2n) is 4.15. The quantitative estimate of drug-likeness (QED) is 0.585. The number of carbonyl (C=O) groups is 1. The van der Waals surface area contributed by atoms with Crippen molar-refractivity contribution in [2.24, 2.45) is 0 Å². The second kappa shape index (κ2) is 6.41. The van der Waals surface area contributed by atoms with Gasteiger partial charge in [-0.25, -0.2) is 4.39 Å². The monoisotopic (exact) mass is 294 g/mol. The fourth-order valence-electron chi connectivity index (χ4n) is 1.34.